The molecule has 3 aliphatic rings. The van der Waals surface area contributed by atoms with Crippen LogP contribution in [0.4, 0.5) is 5.69 Å². The Morgan fingerprint density at radius 2 is 2.17 bits per heavy atom. The molecule has 2 saturated heterocycles. The van der Waals surface area contributed by atoms with Crippen LogP contribution in [0.2, 0.25) is 0 Å². The van der Waals surface area contributed by atoms with Crippen molar-refractivity contribution in [3.63, 3.8) is 0 Å². The highest BCUT2D eigenvalue weighted by atomic mass is 16.5. The molecule has 1 aliphatic carbocycles. The highest BCUT2D eigenvalue weighted by Crippen LogP contribution is 2.52. The Morgan fingerprint density at radius 3 is 2.87 bits per heavy atom. The number of likely N-dealkylation sites (tertiary alicyclic amines) is 1. The number of carbonyl (C=O) groups excluding carboxylic acids is 1. The minimum absolute atomic E-state index is 0.128. The molecule has 23 heavy (non-hydrogen) atoms. The zero-order valence-corrected chi connectivity index (χ0v) is 14.2. The van der Waals surface area contributed by atoms with Gasteiger partial charge in [0.15, 0.2) is 0 Å². The van der Waals surface area contributed by atoms with Crippen LogP contribution < -0.4 is 4.90 Å². The molecular formula is C18H25N3O2. The number of amides is 1. The van der Waals surface area contributed by atoms with Gasteiger partial charge in [-0.3, -0.25) is 9.78 Å². The van der Waals surface area contributed by atoms with Crippen LogP contribution in [0.15, 0.2) is 18.3 Å². The van der Waals surface area contributed by atoms with E-state index in [-0.39, 0.29) is 23.5 Å². The largest absolute Gasteiger partial charge is 0.372 e. The summed E-state index contributed by atoms with van der Waals surface area (Å²) in [6.07, 6.45) is 3.01. The van der Waals surface area contributed by atoms with Gasteiger partial charge in [-0.15, -0.1) is 0 Å². The number of morpholine rings is 1. The predicted octanol–water partition coefficient (Wildman–Crippen LogP) is 1.85. The maximum Gasteiger partial charge on any atom is 0.226 e. The van der Waals surface area contributed by atoms with Crippen molar-refractivity contribution in [3.8, 4) is 0 Å². The Bertz CT molecular complexity index is 630. The fourth-order valence-corrected chi connectivity index (χ4v) is 4.01. The number of ether oxygens (including phenoxy) is 1. The van der Waals surface area contributed by atoms with Crippen LogP contribution >= 0.6 is 0 Å². The zero-order valence-electron chi connectivity index (χ0n) is 14.2. The third-order valence-corrected chi connectivity index (χ3v) is 5.64. The van der Waals surface area contributed by atoms with Crippen molar-refractivity contribution in [2.75, 3.05) is 31.1 Å². The molecule has 0 radical (unpaired) electrons. The molecule has 1 aromatic heterocycles. The fourth-order valence-electron chi connectivity index (χ4n) is 4.01. The second-order valence-corrected chi connectivity index (χ2v) is 7.81. The smallest absolute Gasteiger partial charge is 0.226 e. The lowest BCUT2D eigenvalue weighted by atomic mass is 10.1. The number of aryl methyl sites for hydroxylation is 1. The monoisotopic (exact) mass is 315 g/mol. The number of rotatable bonds is 2. The van der Waals surface area contributed by atoms with Crippen LogP contribution in [0.5, 0.6) is 0 Å². The minimum atomic E-state index is 0.128. The Balaban J connectivity index is 1.52. The van der Waals surface area contributed by atoms with Gasteiger partial charge in [0.2, 0.25) is 5.91 Å². The van der Waals surface area contributed by atoms with E-state index >= 15 is 0 Å². The quantitative estimate of drug-likeness (QED) is 0.835. The Morgan fingerprint density at radius 1 is 1.39 bits per heavy atom. The minimum Gasteiger partial charge on any atom is -0.372 e. The molecule has 5 nitrogen and oxygen atoms in total. The molecule has 124 valence electrons. The number of pyridine rings is 1. The summed E-state index contributed by atoms with van der Waals surface area (Å²) in [6.45, 7) is 9.48. The van der Waals surface area contributed by atoms with Crippen LogP contribution in [0.25, 0.3) is 0 Å². The number of nitrogens with zero attached hydrogens (tertiary/aromatic N) is 3. The van der Waals surface area contributed by atoms with E-state index in [1.54, 1.807) is 0 Å². The molecule has 0 bridgehead atoms. The normalized spacial score (nSPS) is 31.9. The first kappa shape index (κ1) is 14.9. The molecule has 4 rings (SSSR count). The van der Waals surface area contributed by atoms with Gasteiger partial charge >= 0.3 is 0 Å². The molecular weight excluding hydrogens is 290 g/mol. The van der Waals surface area contributed by atoms with Gasteiger partial charge in [-0.05, 0) is 30.9 Å². The Labute approximate surface area is 137 Å². The van der Waals surface area contributed by atoms with E-state index in [2.05, 4.69) is 35.9 Å². The number of carbonyl (C=O) groups is 1. The molecule has 1 unspecified atom stereocenters. The summed E-state index contributed by atoms with van der Waals surface area (Å²) >= 11 is 0. The summed E-state index contributed by atoms with van der Waals surface area (Å²) in [6, 6.07) is 4.44. The highest BCUT2D eigenvalue weighted by molar-refractivity contribution is 5.83. The maximum absolute atomic E-state index is 12.7. The van der Waals surface area contributed by atoms with E-state index in [1.807, 2.05) is 18.0 Å². The van der Waals surface area contributed by atoms with E-state index in [9.17, 15) is 4.79 Å². The van der Waals surface area contributed by atoms with E-state index in [4.69, 9.17) is 4.74 Å². The molecule has 1 amide bonds. The van der Waals surface area contributed by atoms with Gasteiger partial charge in [0.1, 0.15) is 0 Å². The van der Waals surface area contributed by atoms with Crippen molar-refractivity contribution in [2.45, 2.75) is 39.3 Å². The van der Waals surface area contributed by atoms with E-state index in [0.717, 1.165) is 38.4 Å². The van der Waals surface area contributed by atoms with Crippen LogP contribution in [-0.4, -0.2) is 54.2 Å². The van der Waals surface area contributed by atoms with Crippen molar-refractivity contribution in [2.24, 2.45) is 11.3 Å². The zero-order chi connectivity index (χ0) is 16.2. The first-order valence-corrected chi connectivity index (χ1v) is 8.55. The van der Waals surface area contributed by atoms with Crippen molar-refractivity contribution in [1.82, 2.24) is 9.88 Å². The lowest BCUT2D eigenvalue weighted by molar-refractivity contribution is -0.132. The standard InChI is InChI=1S/C18H25N3O2/c1-12-8-13(4-5-19-12)21-6-7-23-16-11-20(10-15(16)21)17(22)14-9-18(14,2)3/h4-5,8,14-16H,6-7,9-11H2,1-3H3/t14?,15-,16-/m0/s1. The number of anilines is 1. The number of aromatic nitrogens is 1. The second-order valence-electron chi connectivity index (χ2n) is 7.81. The van der Waals surface area contributed by atoms with E-state index in [0.29, 0.717) is 5.91 Å². The van der Waals surface area contributed by atoms with Gasteiger partial charge in [-0.1, -0.05) is 13.8 Å². The molecule has 0 aromatic carbocycles. The van der Waals surface area contributed by atoms with Gasteiger partial charge in [0.25, 0.3) is 0 Å². The number of hydrogen-bond donors (Lipinski definition) is 0. The van der Waals surface area contributed by atoms with Gasteiger partial charge < -0.3 is 14.5 Å². The second kappa shape index (κ2) is 5.20. The van der Waals surface area contributed by atoms with Crippen LogP contribution in [0, 0.1) is 18.3 Å². The Kier molecular flexibility index (Phi) is 3.38. The first-order chi connectivity index (χ1) is 11.0. The van der Waals surface area contributed by atoms with Crippen molar-refractivity contribution in [3.05, 3.63) is 24.0 Å². The average molecular weight is 315 g/mol. The SMILES string of the molecule is Cc1cc(N2CCO[C@H]3CN(C(=O)C4CC4(C)C)C[C@@H]32)ccn1. The lowest BCUT2D eigenvalue weighted by Gasteiger charge is -2.38. The van der Waals surface area contributed by atoms with Crippen molar-refractivity contribution >= 4 is 11.6 Å². The molecule has 0 spiro atoms. The molecule has 2 aliphatic heterocycles. The predicted molar refractivity (Wildman–Crippen MR) is 88.3 cm³/mol. The van der Waals surface area contributed by atoms with Gasteiger partial charge in [-0.25, -0.2) is 0 Å². The third kappa shape index (κ3) is 2.61. The summed E-state index contributed by atoms with van der Waals surface area (Å²) < 4.78 is 5.97. The molecule has 3 heterocycles. The molecule has 3 fully saturated rings. The van der Waals surface area contributed by atoms with Gasteiger partial charge in [0.05, 0.1) is 18.8 Å². The lowest BCUT2D eigenvalue weighted by Crippen LogP contribution is -2.51. The molecule has 0 N–H and O–H groups in total. The first-order valence-electron chi connectivity index (χ1n) is 8.55. The number of fused-ring (bicyclic) bond motifs is 1. The van der Waals surface area contributed by atoms with Crippen LogP contribution in [0.3, 0.4) is 0 Å². The summed E-state index contributed by atoms with van der Waals surface area (Å²) in [7, 11) is 0. The summed E-state index contributed by atoms with van der Waals surface area (Å²) in [5, 5.41) is 0. The van der Waals surface area contributed by atoms with Crippen LogP contribution in [-0.2, 0) is 9.53 Å². The number of hydrogen-bond acceptors (Lipinski definition) is 4. The van der Waals surface area contributed by atoms with Gasteiger partial charge in [0, 0.05) is 43.1 Å². The summed E-state index contributed by atoms with van der Waals surface area (Å²) in [5.74, 6) is 0.526. The van der Waals surface area contributed by atoms with Crippen LogP contribution in [0.1, 0.15) is 26.0 Å². The highest BCUT2D eigenvalue weighted by Gasteiger charge is 2.54. The topological polar surface area (TPSA) is 45.7 Å². The van der Waals surface area contributed by atoms with E-state index in [1.165, 1.54) is 5.69 Å². The summed E-state index contributed by atoms with van der Waals surface area (Å²) in [5.41, 5.74) is 2.40. The molecule has 1 aromatic rings. The average Bonchev–Trinajstić information content (AvgIpc) is 2.96. The third-order valence-electron chi connectivity index (χ3n) is 5.64. The molecule has 5 heteroatoms. The maximum atomic E-state index is 12.7. The molecule has 1 saturated carbocycles. The van der Waals surface area contributed by atoms with Crippen molar-refractivity contribution in [1.29, 1.82) is 0 Å². The Hall–Kier alpha value is -1.62. The molecule has 3 atom stereocenters. The van der Waals surface area contributed by atoms with Crippen molar-refractivity contribution < 1.29 is 9.53 Å². The van der Waals surface area contributed by atoms with Gasteiger partial charge in [-0.2, -0.15) is 0 Å². The summed E-state index contributed by atoms with van der Waals surface area (Å²) in [4.78, 5) is 21.4. The van der Waals surface area contributed by atoms with E-state index < -0.39 is 0 Å². The fraction of sp³-hybridized carbons (Fsp3) is 0.667.